The average Bonchev–Trinajstić information content (AvgIpc) is 1.62. The second kappa shape index (κ2) is 40.6. The Labute approximate surface area is 777 Å². The molecule has 3 unspecified atom stereocenters. The second-order valence-electron chi connectivity index (χ2n) is 35.7. The van der Waals surface area contributed by atoms with E-state index in [-0.39, 0.29) is 54.4 Å². The van der Waals surface area contributed by atoms with Crippen LogP contribution >= 0.6 is 24.0 Å². The molecular weight excluding hydrogens is 1720 g/mol. The maximum atomic E-state index is 12.5. The lowest BCUT2D eigenvalue weighted by Gasteiger charge is -2.32. The molecule has 4 aliphatic heterocycles. The van der Waals surface area contributed by atoms with Crippen LogP contribution in [0.4, 0.5) is 26.7 Å². The van der Waals surface area contributed by atoms with Gasteiger partial charge in [-0.1, -0.05) is 29.8 Å². The molecule has 4 N–H and O–H groups in total. The Morgan fingerprint density at radius 2 is 0.894 bits per heavy atom. The van der Waals surface area contributed by atoms with Crippen molar-refractivity contribution in [1.29, 1.82) is 15.8 Å². The predicted molar refractivity (Wildman–Crippen MR) is 508 cm³/mol. The number of carbonyl (C=O) groups excluding carboxylic acids is 5. The summed E-state index contributed by atoms with van der Waals surface area (Å²) < 4.78 is 52.4. The van der Waals surface area contributed by atoms with Crippen molar-refractivity contribution in [2.24, 2.45) is 0 Å². The molecule has 16 rings (SSSR count). The number of anilines is 3. The van der Waals surface area contributed by atoms with Crippen molar-refractivity contribution in [2.45, 2.75) is 136 Å². The van der Waals surface area contributed by atoms with Crippen LogP contribution in [0, 0.1) is 40.9 Å². The van der Waals surface area contributed by atoms with Gasteiger partial charge < -0.3 is 87.3 Å². The maximum Gasteiger partial charge on any atom is 0.494 e. The van der Waals surface area contributed by atoms with Crippen LogP contribution in [0.1, 0.15) is 142 Å². The third kappa shape index (κ3) is 22.4. The molecule has 0 aliphatic carbocycles. The van der Waals surface area contributed by atoms with Crippen LogP contribution in [0.5, 0.6) is 11.5 Å². The first kappa shape index (κ1) is 97.2. The average molecular weight is 1830 g/mol. The maximum absolute atomic E-state index is 12.5. The molecule has 9 aromatic heterocycles. The summed E-state index contributed by atoms with van der Waals surface area (Å²) in [4.78, 5) is 95.7. The molecule has 4 saturated heterocycles. The number of carbonyl (C=O) groups is 5. The summed E-state index contributed by atoms with van der Waals surface area (Å²) in [5, 5.41) is 43.6. The van der Waals surface area contributed by atoms with E-state index in [2.05, 4.69) is 69.4 Å². The SMILES string of the molecule is CC(C)(C)OC(=O)N1CCC(Nc2ccc(B3OC(C)(C)C(C)(C)O3)cc2C#N)C1.COc1cc(C(=O)N(C)C)cnc1-c1cc2nccc(-c3ccc(NC4CCN(C(=O)OC(C)(C)C)C4)c(C#N)c3)c2o1.COc1cc(C(=O)N(C)C)cnc1-c1cc2nccc(-c3ccc(NC4CCNC4)c(C#N)c3)c2o1.Cc1cc(C(=O)N(C)C)cnc1-c1cc2nccc(Cl)c2o1.Cl. The van der Waals surface area contributed by atoms with E-state index in [9.17, 15) is 39.8 Å². The number of rotatable bonds is 17. The molecule has 686 valence electrons. The van der Waals surface area contributed by atoms with Crippen LogP contribution < -0.4 is 36.2 Å². The van der Waals surface area contributed by atoms with E-state index < -0.39 is 29.5 Å². The topological polar surface area (TPSA) is 393 Å². The van der Waals surface area contributed by atoms with Crippen LogP contribution in [0.3, 0.4) is 0 Å². The highest BCUT2D eigenvalue weighted by Crippen LogP contribution is 2.42. The number of fused-ring (bicyclic) bond motifs is 3. The Balaban J connectivity index is 0.000000162. The molecule has 4 fully saturated rings. The van der Waals surface area contributed by atoms with Gasteiger partial charge in [0.15, 0.2) is 34.0 Å². The summed E-state index contributed by atoms with van der Waals surface area (Å²) in [5.41, 5.74) is 13.3. The van der Waals surface area contributed by atoms with Crippen LogP contribution in [0.2, 0.25) is 5.02 Å². The number of halogens is 2. The van der Waals surface area contributed by atoms with Gasteiger partial charge in [0.1, 0.15) is 74.5 Å². The van der Waals surface area contributed by atoms with Gasteiger partial charge in [0.05, 0.1) is 80.9 Å². The third-order valence-electron chi connectivity index (χ3n) is 22.5. The number of amides is 5. The molecule has 4 aliphatic rings. The number of aryl methyl sites for hydroxylation is 1. The molecule has 0 radical (unpaired) electrons. The first-order valence-electron chi connectivity index (χ1n) is 42.7. The fourth-order valence-corrected chi connectivity index (χ4v) is 15.3. The number of nitriles is 3. The van der Waals surface area contributed by atoms with E-state index in [1.165, 1.54) is 41.3 Å². The first-order valence-corrected chi connectivity index (χ1v) is 43.1. The number of nitrogens with zero attached hydrogens (tertiary/aromatic N) is 14. The van der Waals surface area contributed by atoms with Crippen molar-refractivity contribution < 1.29 is 65.5 Å². The fourth-order valence-electron chi connectivity index (χ4n) is 15.1. The number of ether oxygens (including phenoxy) is 4. The molecule has 132 heavy (non-hydrogen) atoms. The van der Waals surface area contributed by atoms with E-state index >= 15 is 0 Å². The van der Waals surface area contributed by atoms with Gasteiger partial charge >= 0.3 is 19.3 Å². The van der Waals surface area contributed by atoms with Crippen molar-refractivity contribution in [2.75, 3.05) is 112 Å². The molecule has 3 atom stereocenters. The molecule has 13 heterocycles. The Bertz CT molecular complexity index is 6430. The normalized spacial score (nSPS) is 15.9. The van der Waals surface area contributed by atoms with Crippen LogP contribution in [0.15, 0.2) is 160 Å². The van der Waals surface area contributed by atoms with E-state index in [1.807, 2.05) is 137 Å². The first-order chi connectivity index (χ1) is 62.2. The van der Waals surface area contributed by atoms with Gasteiger partial charge in [-0.3, -0.25) is 34.3 Å². The number of nitrogens with one attached hydrogen (secondary N) is 4. The van der Waals surface area contributed by atoms with Crippen molar-refractivity contribution in [3.05, 3.63) is 190 Å². The van der Waals surface area contributed by atoms with Gasteiger partial charge in [-0.25, -0.2) is 19.6 Å². The molecule has 0 spiro atoms. The summed E-state index contributed by atoms with van der Waals surface area (Å²) in [6, 6.07) is 40.0. The summed E-state index contributed by atoms with van der Waals surface area (Å²) in [6.07, 6.45) is 11.5. The number of hydrogen-bond donors (Lipinski definition) is 4. The van der Waals surface area contributed by atoms with E-state index in [1.54, 1.807) is 125 Å². The summed E-state index contributed by atoms with van der Waals surface area (Å²) in [5.74, 6) is 1.86. The van der Waals surface area contributed by atoms with Gasteiger partial charge in [-0.15, -0.1) is 12.4 Å². The van der Waals surface area contributed by atoms with Crippen LogP contribution in [0.25, 0.3) is 89.9 Å². The van der Waals surface area contributed by atoms with Gasteiger partial charge in [-0.05, 0) is 197 Å². The Morgan fingerprint density at radius 3 is 1.29 bits per heavy atom. The Hall–Kier alpha value is -13.9. The molecule has 0 bridgehead atoms. The van der Waals surface area contributed by atoms with Gasteiger partial charge in [-0.2, -0.15) is 15.8 Å². The highest BCUT2D eigenvalue weighted by atomic mass is 35.5. The Morgan fingerprint density at radius 1 is 0.508 bits per heavy atom. The lowest BCUT2D eigenvalue weighted by Crippen LogP contribution is -2.41. The second-order valence-corrected chi connectivity index (χ2v) is 36.1. The quantitative estimate of drug-likeness (QED) is 0.0615. The molecule has 3 aromatic carbocycles. The zero-order chi connectivity index (χ0) is 94.3. The largest absolute Gasteiger partial charge is 0.494 e. The Kier molecular flexibility index (Phi) is 29.9. The molecule has 35 heteroatoms. The molecule has 12 aromatic rings. The molecular formula is C97H107BCl2N18O14. The standard InChI is InChI=1S/C32H34N6O5.C27H26N6O3.C22H32BN3O4.C16H14ClN3O2.ClH/c1-32(2,3)43-31(40)38-12-10-22(18-38)36-24-8-7-19(13-20(24)16-33)23-9-11-34-25-15-27(42-29(23)25)28-26(41-6)14-21(17-35-28)30(39)37(4)5;1-33(2)27(34)18-11-23(35-3)25(31-14-18)24-12-22-26(36-24)20(7-9-30-22)16-4-5-21(17(10-16)13-28)32-19-6-8-29-15-19;1-20(2,3)28-19(27)26-11-10-17(14-26)25-18-9-8-16(12-15(18)13-24)23-29-21(4,5)22(6,7)30-23;1-9-6-10(16(21)20(2)3)8-19-14(9)13-7-12-15(22-13)11(17)4-5-18-12;/h7-9,11,13-15,17,22,36H,10,12,18H2,1-6H3;4-5,7,9-12,14,19,29,32H,6,8,15H2,1-3H3;8-9,12,17,25H,10-11,14H2,1-7H3;4-8H,1-3H3;1H. The number of aromatic nitrogens is 6. The number of furan rings is 3. The van der Waals surface area contributed by atoms with Gasteiger partial charge in [0, 0.05) is 160 Å². The number of methoxy groups -OCH3 is 2. The lowest BCUT2D eigenvalue weighted by molar-refractivity contribution is 0.00578. The van der Waals surface area contributed by atoms with Crippen LogP contribution in [-0.2, 0) is 18.8 Å². The monoisotopic (exact) mass is 1830 g/mol. The lowest BCUT2D eigenvalue weighted by atomic mass is 9.78. The summed E-state index contributed by atoms with van der Waals surface area (Å²) in [7, 11) is 12.6. The van der Waals surface area contributed by atoms with Crippen molar-refractivity contribution in [3.8, 4) is 86.3 Å². The number of pyridine rings is 6. The van der Waals surface area contributed by atoms with Crippen molar-refractivity contribution in [1.82, 2.24) is 59.7 Å². The van der Waals surface area contributed by atoms with Crippen LogP contribution in [-0.4, -0.2) is 228 Å². The minimum Gasteiger partial charge on any atom is -0.494 e. The van der Waals surface area contributed by atoms with Crippen molar-refractivity contribution in [3.63, 3.8) is 0 Å². The summed E-state index contributed by atoms with van der Waals surface area (Å²) in [6.45, 7) is 25.1. The van der Waals surface area contributed by atoms with E-state index in [4.69, 9.17) is 53.1 Å². The number of benzene rings is 3. The third-order valence-corrected chi connectivity index (χ3v) is 22.8. The minimum atomic E-state index is -0.556. The zero-order valence-electron chi connectivity index (χ0n) is 77.3. The van der Waals surface area contributed by atoms with E-state index in [0.29, 0.717) is 155 Å². The highest BCUT2D eigenvalue weighted by molar-refractivity contribution is 6.62. The highest BCUT2D eigenvalue weighted by Gasteiger charge is 2.52. The smallest absolute Gasteiger partial charge is 0.494 e. The van der Waals surface area contributed by atoms with E-state index in [0.717, 1.165) is 77.0 Å². The molecule has 0 saturated carbocycles. The van der Waals surface area contributed by atoms with Crippen molar-refractivity contribution >= 4 is 117 Å². The molecule has 32 nitrogen and oxygen atoms in total. The fraction of sp³-hybridized carbons (Fsp3) is 0.361. The zero-order valence-corrected chi connectivity index (χ0v) is 78.9. The number of hydrogen-bond acceptors (Lipinski definition) is 27. The van der Waals surface area contributed by atoms with Gasteiger partial charge in [0.2, 0.25) is 0 Å². The molecule has 5 amide bonds. The summed E-state index contributed by atoms with van der Waals surface area (Å²) >= 11 is 6.09. The van der Waals surface area contributed by atoms with Gasteiger partial charge in [0.25, 0.3) is 17.7 Å². The predicted octanol–water partition coefficient (Wildman–Crippen LogP) is 16.7. The minimum absolute atomic E-state index is 0. The number of likely N-dealkylation sites (tertiary alicyclic amines) is 2.